The smallest absolute Gasteiger partial charge is 0.167 e. The van der Waals surface area contributed by atoms with Gasteiger partial charge in [-0.15, -0.1) is 11.8 Å². The van der Waals surface area contributed by atoms with Crippen LogP contribution in [-0.2, 0) is 9.47 Å². The predicted molar refractivity (Wildman–Crippen MR) is 80.0 cm³/mol. The molecule has 3 heterocycles. The van der Waals surface area contributed by atoms with Crippen LogP contribution in [0, 0.1) is 0 Å². The zero-order chi connectivity index (χ0) is 15.7. The minimum atomic E-state index is -0.946. The largest absolute Gasteiger partial charge is 0.394 e. The van der Waals surface area contributed by atoms with Gasteiger partial charge in [0.05, 0.1) is 18.9 Å². The number of aromatic nitrogens is 4. The van der Waals surface area contributed by atoms with Crippen molar-refractivity contribution in [3.8, 4) is 0 Å². The lowest BCUT2D eigenvalue weighted by molar-refractivity contribution is -0.0607. The second-order valence-electron chi connectivity index (χ2n) is 4.86. The quantitative estimate of drug-likeness (QED) is 0.614. The second-order valence-corrected chi connectivity index (χ2v) is 5.67. The molecule has 0 bridgehead atoms. The van der Waals surface area contributed by atoms with E-state index in [1.807, 2.05) is 6.26 Å². The minimum absolute atomic E-state index is 0.266. The molecule has 3 rings (SSSR count). The van der Waals surface area contributed by atoms with Crippen molar-refractivity contribution in [3.63, 3.8) is 0 Å². The van der Waals surface area contributed by atoms with E-state index in [1.54, 1.807) is 4.57 Å². The molecule has 120 valence electrons. The van der Waals surface area contributed by atoms with Crippen LogP contribution in [-0.4, -0.2) is 66.8 Å². The number of nitrogens with zero attached hydrogens (tertiary/aromatic N) is 4. The molecule has 2 aromatic heterocycles. The number of imidazole rings is 1. The Morgan fingerprint density at radius 3 is 3.00 bits per heavy atom. The monoisotopic (exact) mass is 327 g/mol. The molecule has 0 spiro atoms. The number of aliphatic hydroxyl groups is 2. The first-order chi connectivity index (χ1) is 10.7. The topological polar surface area (TPSA) is 129 Å². The second kappa shape index (κ2) is 6.34. The van der Waals surface area contributed by atoms with E-state index in [9.17, 15) is 10.2 Å². The summed E-state index contributed by atoms with van der Waals surface area (Å²) in [6.45, 7) is -0.305. The fourth-order valence-corrected chi connectivity index (χ4v) is 2.77. The zero-order valence-electron chi connectivity index (χ0n) is 11.9. The number of hydrogen-bond donors (Lipinski definition) is 3. The number of nitrogen functional groups attached to an aromatic ring is 1. The van der Waals surface area contributed by atoms with E-state index in [-0.39, 0.29) is 12.4 Å². The highest BCUT2D eigenvalue weighted by Crippen LogP contribution is 2.34. The van der Waals surface area contributed by atoms with Gasteiger partial charge in [0.1, 0.15) is 30.2 Å². The van der Waals surface area contributed by atoms with Gasteiger partial charge >= 0.3 is 0 Å². The molecular formula is C12H17N5O4S. The van der Waals surface area contributed by atoms with Crippen LogP contribution in [0.2, 0.25) is 0 Å². The maximum absolute atomic E-state index is 10.3. The lowest BCUT2D eigenvalue weighted by Crippen LogP contribution is -2.35. The number of rotatable bonds is 5. The van der Waals surface area contributed by atoms with E-state index in [1.165, 1.54) is 24.4 Å². The first kappa shape index (κ1) is 15.4. The number of ether oxygens (including phenoxy) is 2. The van der Waals surface area contributed by atoms with Crippen LogP contribution in [0.4, 0.5) is 5.82 Å². The summed E-state index contributed by atoms with van der Waals surface area (Å²) in [4.78, 5) is 12.2. The maximum Gasteiger partial charge on any atom is 0.167 e. The van der Waals surface area contributed by atoms with Crippen molar-refractivity contribution in [2.45, 2.75) is 24.5 Å². The summed E-state index contributed by atoms with van der Waals surface area (Å²) in [5.74, 6) is 0.659. The highest BCUT2D eigenvalue weighted by Gasteiger charge is 2.45. The number of aliphatic hydroxyl groups excluding tert-OH is 2. The third-order valence-corrected chi connectivity index (χ3v) is 3.90. The molecular weight excluding hydrogens is 310 g/mol. The van der Waals surface area contributed by atoms with E-state index in [0.29, 0.717) is 17.1 Å². The van der Waals surface area contributed by atoms with Crippen molar-refractivity contribution < 1.29 is 19.7 Å². The Balaban J connectivity index is 1.97. The van der Waals surface area contributed by atoms with Gasteiger partial charge < -0.3 is 25.4 Å². The summed E-state index contributed by atoms with van der Waals surface area (Å²) in [5, 5.41) is 19.6. The summed E-state index contributed by atoms with van der Waals surface area (Å²) in [6.07, 6.45) is 1.77. The van der Waals surface area contributed by atoms with Gasteiger partial charge in [-0.05, 0) is 6.26 Å². The van der Waals surface area contributed by atoms with E-state index in [4.69, 9.17) is 15.2 Å². The van der Waals surface area contributed by atoms with Gasteiger partial charge in [-0.1, -0.05) is 0 Å². The van der Waals surface area contributed by atoms with Crippen molar-refractivity contribution in [2.24, 2.45) is 0 Å². The predicted octanol–water partition coefficient (Wildman–Crippen LogP) is -0.635. The summed E-state index contributed by atoms with van der Waals surface area (Å²) in [5.41, 5.74) is 6.71. The normalized spacial score (nSPS) is 28.5. The Bertz CT molecular complexity index is 653. The fraction of sp³-hybridized carbons (Fsp3) is 0.583. The van der Waals surface area contributed by atoms with Gasteiger partial charge in [0, 0.05) is 0 Å². The van der Waals surface area contributed by atoms with Gasteiger partial charge in [-0.2, -0.15) is 0 Å². The molecule has 1 aliphatic rings. The number of thioether (sulfide) groups is 1. The standard InChI is InChI=1S/C12H17N5O4S/c1-22-5-20-9-8(19)6(2-18)21-12(9)17-4-16-7-10(13)14-3-15-11(7)17/h3-4,6,8-9,12,18-19H,2,5H2,1H3,(H2,13,14,15). The van der Waals surface area contributed by atoms with Gasteiger partial charge in [0.2, 0.25) is 0 Å². The number of hydrogen-bond acceptors (Lipinski definition) is 9. The average Bonchev–Trinajstić information content (AvgIpc) is 3.07. The number of fused-ring (bicyclic) bond motifs is 1. The molecule has 2 aromatic rings. The molecule has 0 aromatic carbocycles. The molecule has 22 heavy (non-hydrogen) atoms. The SMILES string of the molecule is CSCOC1C(O)C(CO)OC1n1cnc2c(N)ncnc21. The van der Waals surface area contributed by atoms with E-state index in [2.05, 4.69) is 15.0 Å². The Morgan fingerprint density at radius 1 is 1.45 bits per heavy atom. The molecule has 1 saturated heterocycles. The van der Waals surface area contributed by atoms with Crippen molar-refractivity contribution in [1.82, 2.24) is 19.5 Å². The van der Waals surface area contributed by atoms with E-state index >= 15 is 0 Å². The van der Waals surface area contributed by atoms with Crippen molar-refractivity contribution in [2.75, 3.05) is 24.5 Å². The molecule has 4 N–H and O–H groups in total. The number of nitrogens with two attached hydrogens (primary N) is 1. The van der Waals surface area contributed by atoms with Crippen molar-refractivity contribution >= 4 is 28.7 Å². The molecule has 10 heteroatoms. The molecule has 9 nitrogen and oxygen atoms in total. The van der Waals surface area contributed by atoms with Gasteiger partial charge in [0.25, 0.3) is 0 Å². The molecule has 4 unspecified atom stereocenters. The third-order valence-electron chi connectivity index (χ3n) is 3.53. The molecule has 1 fully saturated rings. The first-order valence-electron chi connectivity index (χ1n) is 6.65. The van der Waals surface area contributed by atoms with Gasteiger partial charge in [-0.3, -0.25) is 4.57 Å². The van der Waals surface area contributed by atoms with Crippen LogP contribution < -0.4 is 5.73 Å². The van der Waals surface area contributed by atoms with Crippen LogP contribution >= 0.6 is 11.8 Å². The van der Waals surface area contributed by atoms with E-state index < -0.39 is 24.5 Å². The van der Waals surface area contributed by atoms with Crippen LogP contribution in [0.25, 0.3) is 11.2 Å². The van der Waals surface area contributed by atoms with Crippen molar-refractivity contribution in [1.29, 1.82) is 0 Å². The van der Waals surface area contributed by atoms with Crippen LogP contribution in [0.15, 0.2) is 12.7 Å². The Morgan fingerprint density at radius 2 is 2.27 bits per heavy atom. The summed E-state index contributed by atoms with van der Waals surface area (Å²) < 4.78 is 13.0. The molecule has 0 radical (unpaired) electrons. The molecule has 0 saturated carbocycles. The van der Waals surface area contributed by atoms with Crippen LogP contribution in [0.5, 0.6) is 0 Å². The van der Waals surface area contributed by atoms with Crippen LogP contribution in [0.1, 0.15) is 6.23 Å². The highest BCUT2D eigenvalue weighted by atomic mass is 32.2. The van der Waals surface area contributed by atoms with Crippen LogP contribution in [0.3, 0.4) is 0 Å². The maximum atomic E-state index is 10.3. The Kier molecular flexibility index (Phi) is 4.45. The minimum Gasteiger partial charge on any atom is -0.394 e. The summed E-state index contributed by atoms with van der Waals surface area (Å²) in [7, 11) is 0. The van der Waals surface area contributed by atoms with Gasteiger partial charge in [-0.25, -0.2) is 15.0 Å². The fourth-order valence-electron chi connectivity index (χ4n) is 2.48. The zero-order valence-corrected chi connectivity index (χ0v) is 12.7. The third kappa shape index (κ3) is 2.52. The molecule has 4 atom stereocenters. The first-order valence-corrected chi connectivity index (χ1v) is 8.04. The molecule has 1 aliphatic heterocycles. The molecule has 0 amide bonds. The van der Waals surface area contributed by atoms with E-state index in [0.717, 1.165) is 0 Å². The number of anilines is 1. The summed E-state index contributed by atoms with van der Waals surface area (Å²) in [6, 6.07) is 0. The summed E-state index contributed by atoms with van der Waals surface area (Å²) >= 11 is 1.48. The lowest BCUT2D eigenvalue weighted by atomic mass is 10.1. The van der Waals surface area contributed by atoms with Crippen molar-refractivity contribution in [3.05, 3.63) is 12.7 Å². The highest BCUT2D eigenvalue weighted by molar-refractivity contribution is 7.98. The lowest BCUT2D eigenvalue weighted by Gasteiger charge is -2.21. The Hall–Kier alpha value is -1.46. The Labute approximate surface area is 130 Å². The van der Waals surface area contributed by atoms with Gasteiger partial charge in [0.15, 0.2) is 17.7 Å². The average molecular weight is 327 g/mol. The molecule has 0 aliphatic carbocycles.